The molecular formula is C25H18N2O6S. The minimum Gasteiger partial charge on any atom is -0.493 e. The Hall–Kier alpha value is -4.42. The summed E-state index contributed by atoms with van der Waals surface area (Å²) in [6.07, 6.45) is 1.61. The molecule has 0 radical (unpaired) electrons. The summed E-state index contributed by atoms with van der Waals surface area (Å²) < 4.78 is 21.3. The molecule has 8 nitrogen and oxygen atoms in total. The number of hydrogen-bond acceptors (Lipinski definition) is 9. The summed E-state index contributed by atoms with van der Waals surface area (Å²) in [6.45, 7) is 1.27. The zero-order valence-corrected chi connectivity index (χ0v) is 19.3. The molecule has 34 heavy (non-hydrogen) atoms. The van der Waals surface area contributed by atoms with Crippen LogP contribution in [0.2, 0.25) is 0 Å². The summed E-state index contributed by atoms with van der Waals surface area (Å²) in [5.41, 5.74) is 1.56. The normalized spacial score (nSPS) is 11.2. The molecule has 0 aliphatic heterocycles. The van der Waals surface area contributed by atoms with Crippen molar-refractivity contribution in [2.45, 2.75) is 6.92 Å². The SMILES string of the molecule is COc1cc(/C=C(\C#N)c2nc(-c3cc4ccccc4oc3=O)cs2)cc(OC)c1OC(C)=O. The van der Waals surface area contributed by atoms with Crippen molar-refractivity contribution >= 4 is 39.9 Å². The van der Waals surface area contributed by atoms with Crippen LogP contribution in [-0.2, 0) is 4.79 Å². The van der Waals surface area contributed by atoms with Gasteiger partial charge < -0.3 is 18.6 Å². The Bertz CT molecular complexity index is 1500. The maximum absolute atomic E-state index is 12.5. The first kappa shape index (κ1) is 22.8. The van der Waals surface area contributed by atoms with Crippen molar-refractivity contribution in [3.63, 3.8) is 0 Å². The number of rotatable bonds is 6. The topological polar surface area (TPSA) is 112 Å². The van der Waals surface area contributed by atoms with Gasteiger partial charge >= 0.3 is 11.6 Å². The van der Waals surface area contributed by atoms with E-state index in [-0.39, 0.29) is 22.8 Å². The van der Waals surface area contributed by atoms with Crippen molar-refractivity contribution in [3.8, 4) is 34.6 Å². The summed E-state index contributed by atoms with van der Waals surface area (Å²) in [7, 11) is 2.87. The average molecular weight is 474 g/mol. The first-order valence-corrected chi connectivity index (χ1v) is 10.9. The molecule has 0 bridgehead atoms. The van der Waals surface area contributed by atoms with E-state index in [2.05, 4.69) is 11.1 Å². The van der Waals surface area contributed by atoms with E-state index in [1.54, 1.807) is 41.8 Å². The number of aromatic nitrogens is 1. The van der Waals surface area contributed by atoms with E-state index in [0.29, 0.717) is 27.4 Å². The van der Waals surface area contributed by atoms with E-state index < -0.39 is 11.6 Å². The number of nitrogens with zero attached hydrogens (tertiary/aromatic N) is 2. The van der Waals surface area contributed by atoms with Crippen LogP contribution >= 0.6 is 11.3 Å². The molecule has 9 heteroatoms. The molecular weight excluding hydrogens is 456 g/mol. The molecule has 0 unspecified atom stereocenters. The molecule has 4 rings (SSSR count). The second kappa shape index (κ2) is 9.60. The van der Waals surface area contributed by atoms with Crippen LogP contribution in [0.15, 0.2) is 57.1 Å². The highest BCUT2D eigenvalue weighted by atomic mass is 32.1. The van der Waals surface area contributed by atoms with Gasteiger partial charge in [0.15, 0.2) is 11.5 Å². The van der Waals surface area contributed by atoms with Gasteiger partial charge in [0.2, 0.25) is 5.75 Å². The number of hydrogen-bond donors (Lipinski definition) is 0. The first-order valence-electron chi connectivity index (χ1n) is 9.99. The maximum Gasteiger partial charge on any atom is 0.345 e. The Labute approximate surface area is 198 Å². The van der Waals surface area contributed by atoms with Crippen molar-refractivity contribution in [2.24, 2.45) is 0 Å². The molecule has 0 aliphatic rings. The summed E-state index contributed by atoms with van der Waals surface area (Å²) in [4.78, 5) is 28.4. The highest BCUT2D eigenvalue weighted by molar-refractivity contribution is 7.11. The fraction of sp³-hybridized carbons (Fsp3) is 0.120. The number of carbonyl (C=O) groups is 1. The number of benzene rings is 2. The number of nitriles is 1. The Morgan fingerprint density at radius 2 is 1.85 bits per heavy atom. The zero-order valence-electron chi connectivity index (χ0n) is 18.4. The minimum atomic E-state index is -0.522. The van der Waals surface area contributed by atoms with Crippen LogP contribution in [0.3, 0.4) is 0 Å². The van der Waals surface area contributed by atoms with Gasteiger partial charge in [0.25, 0.3) is 0 Å². The first-order chi connectivity index (χ1) is 16.4. The Morgan fingerprint density at radius 1 is 1.15 bits per heavy atom. The Balaban J connectivity index is 1.74. The largest absolute Gasteiger partial charge is 0.493 e. The fourth-order valence-corrected chi connectivity index (χ4v) is 4.08. The van der Waals surface area contributed by atoms with Crippen LogP contribution in [0, 0.1) is 11.3 Å². The zero-order chi connectivity index (χ0) is 24.2. The maximum atomic E-state index is 12.5. The van der Waals surface area contributed by atoms with Gasteiger partial charge in [0.05, 0.1) is 31.1 Å². The lowest BCUT2D eigenvalue weighted by Crippen LogP contribution is -2.05. The number of carbonyl (C=O) groups excluding carboxylic acids is 1. The molecule has 2 aromatic carbocycles. The average Bonchev–Trinajstić information content (AvgIpc) is 3.32. The number of methoxy groups -OCH3 is 2. The van der Waals surface area contributed by atoms with Gasteiger partial charge in [-0.3, -0.25) is 4.79 Å². The van der Waals surface area contributed by atoms with E-state index >= 15 is 0 Å². The lowest BCUT2D eigenvalue weighted by Gasteiger charge is -2.13. The van der Waals surface area contributed by atoms with Crippen molar-refractivity contribution < 1.29 is 23.4 Å². The van der Waals surface area contributed by atoms with Crippen molar-refractivity contribution in [2.75, 3.05) is 14.2 Å². The molecule has 4 aromatic rings. The van der Waals surface area contributed by atoms with Gasteiger partial charge in [-0.1, -0.05) is 18.2 Å². The summed E-state index contributed by atoms with van der Waals surface area (Å²) in [5.74, 6) is 0.164. The van der Waals surface area contributed by atoms with Crippen LogP contribution in [0.1, 0.15) is 17.5 Å². The second-order valence-corrected chi connectivity index (χ2v) is 7.90. The summed E-state index contributed by atoms with van der Waals surface area (Å²) in [6, 6.07) is 14.3. The molecule has 0 N–H and O–H groups in total. The van der Waals surface area contributed by atoms with E-state index in [9.17, 15) is 14.9 Å². The predicted octanol–water partition coefficient (Wildman–Crippen LogP) is 4.92. The summed E-state index contributed by atoms with van der Waals surface area (Å²) in [5, 5.41) is 12.7. The van der Waals surface area contributed by atoms with E-state index in [4.69, 9.17) is 18.6 Å². The molecule has 0 amide bonds. The number of esters is 1. The third kappa shape index (κ3) is 4.53. The molecule has 0 fully saturated rings. The third-order valence-electron chi connectivity index (χ3n) is 4.81. The standard InChI is InChI=1S/C25H18N2O6S/c1-14(28)32-23-21(30-2)9-15(10-22(23)31-3)8-17(12-26)24-27-19(13-34-24)18-11-16-6-4-5-7-20(16)33-25(18)29/h4-11,13H,1-3H3/b17-8+. The van der Waals surface area contributed by atoms with Crippen LogP contribution in [0.4, 0.5) is 0 Å². The number of ether oxygens (including phenoxy) is 3. The predicted molar refractivity (Wildman–Crippen MR) is 128 cm³/mol. The number of allylic oxidation sites excluding steroid dienone is 1. The number of thiazole rings is 1. The van der Waals surface area contributed by atoms with Crippen LogP contribution < -0.4 is 19.8 Å². The number of fused-ring (bicyclic) bond motifs is 1. The van der Waals surface area contributed by atoms with Crippen molar-refractivity contribution in [1.82, 2.24) is 4.98 Å². The molecule has 0 saturated heterocycles. The number of para-hydroxylation sites is 1. The molecule has 0 aliphatic carbocycles. The lowest BCUT2D eigenvalue weighted by molar-refractivity contribution is -0.132. The monoisotopic (exact) mass is 474 g/mol. The molecule has 170 valence electrons. The molecule has 0 saturated carbocycles. The van der Waals surface area contributed by atoms with Gasteiger partial charge in [0.1, 0.15) is 16.7 Å². The molecule has 0 atom stereocenters. The second-order valence-electron chi connectivity index (χ2n) is 7.04. The fourth-order valence-electron chi connectivity index (χ4n) is 3.30. The van der Waals surface area contributed by atoms with Crippen LogP contribution in [0.5, 0.6) is 17.2 Å². The Kier molecular flexibility index (Phi) is 6.43. The smallest absolute Gasteiger partial charge is 0.345 e. The van der Waals surface area contributed by atoms with Crippen molar-refractivity contribution in [1.29, 1.82) is 5.26 Å². The lowest BCUT2D eigenvalue weighted by atomic mass is 10.1. The molecule has 0 spiro atoms. The molecule has 2 aromatic heterocycles. The molecule has 2 heterocycles. The summed E-state index contributed by atoms with van der Waals surface area (Å²) >= 11 is 1.23. The van der Waals surface area contributed by atoms with Gasteiger partial charge in [0, 0.05) is 17.7 Å². The van der Waals surface area contributed by atoms with Crippen LogP contribution in [-0.4, -0.2) is 25.2 Å². The minimum absolute atomic E-state index is 0.146. The van der Waals surface area contributed by atoms with E-state index in [1.807, 2.05) is 12.1 Å². The Morgan fingerprint density at radius 3 is 2.50 bits per heavy atom. The van der Waals surface area contributed by atoms with Gasteiger partial charge in [-0.2, -0.15) is 5.26 Å². The van der Waals surface area contributed by atoms with Crippen LogP contribution in [0.25, 0.3) is 33.9 Å². The van der Waals surface area contributed by atoms with Gasteiger partial charge in [-0.25, -0.2) is 9.78 Å². The highest BCUT2D eigenvalue weighted by Gasteiger charge is 2.17. The highest BCUT2D eigenvalue weighted by Crippen LogP contribution is 2.39. The quantitative estimate of drug-likeness (QED) is 0.167. The van der Waals surface area contributed by atoms with E-state index in [1.165, 1.54) is 32.5 Å². The van der Waals surface area contributed by atoms with Crippen molar-refractivity contribution in [3.05, 3.63) is 68.8 Å². The van der Waals surface area contributed by atoms with E-state index in [0.717, 1.165) is 5.39 Å². The van der Waals surface area contributed by atoms with Gasteiger partial charge in [-0.05, 0) is 35.9 Å². The van der Waals surface area contributed by atoms with Gasteiger partial charge in [-0.15, -0.1) is 11.3 Å². The third-order valence-corrected chi connectivity index (χ3v) is 5.69.